The number of carbonyl (C=O) groups excluding carboxylic acids is 1. The third-order valence-corrected chi connectivity index (χ3v) is 7.03. The molecule has 3 rings (SSSR count). The quantitative estimate of drug-likeness (QED) is 0.518. The van der Waals surface area contributed by atoms with Crippen molar-refractivity contribution in [2.45, 2.75) is 13.8 Å². The molecule has 5 nitrogen and oxygen atoms in total. The summed E-state index contributed by atoms with van der Waals surface area (Å²) in [6.07, 6.45) is 3.12. The summed E-state index contributed by atoms with van der Waals surface area (Å²) in [4.78, 5) is 13.1. The Bertz CT molecular complexity index is 1170. The molecule has 0 aliphatic carbocycles. The first-order chi connectivity index (χ1) is 13.3. The molecular formula is C20H19ClN2O3S2. The van der Waals surface area contributed by atoms with Gasteiger partial charge in [-0.05, 0) is 49.8 Å². The van der Waals surface area contributed by atoms with E-state index in [1.165, 1.54) is 17.4 Å². The zero-order chi connectivity index (χ0) is 20.3. The second-order valence-corrected chi connectivity index (χ2v) is 9.61. The van der Waals surface area contributed by atoms with Gasteiger partial charge in [0.2, 0.25) is 15.9 Å². The van der Waals surface area contributed by atoms with Crippen molar-refractivity contribution >= 4 is 66.4 Å². The predicted octanol–water partition coefficient (Wildman–Crippen LogP) is 5.28. The molecule has 1 heterocycles. The SMILES string of the molecule is CCS(=O)(=O)Nc1ccc(NC(=O)/C=C/c2sc3ccccc3c2Cl)cc1C. The molecular weight excluding hydrogens is 416 g/mol. The van der Waals surface area contributed by atoms with Crippen molar-refractivity contribution in [1.29, 1.82) is 0 Å². The van der Waals surface area contributed by atoms with Gasteiger partial charge in [-0.25, -0.2) is 8.42 Å². The van der Waals surface area contributed by atoms with Crippen LogP contribution in [-0.4, -0.2) is 20.1 Å². The molecule has 2 aromatic carbocycles. The third-order valence-electron chi connectivity index (χ3n) is 4.09. The Morgan fingerprint density at radius 2 is 1.96 bits per heavy atom. The second kappa shape index (κ2) is 8.34. The fourth-order valence-corrected chi connectivity index (χ4v) is 4.68. The van der Waals surface area contributed by atoms with Crippen LogP contribution in [0.15, 0.2) is 48.5 Å². The number of hydrogen-bond acceptors (Lipinski definition) is 4. The largest absolute Gasteiger partial charge is 0.323 e. The fraction of sp³-hybridized carbons (Fsp3) is 0.150. The molecule has 0 saturated heterocycles. The van der Waals surface area contributed by atoms with Crippen LogP contribution in [0.3, 0.4) is 0 Å². The lowest BCUT2D eigenvalue weighted by Gasteiger charge is -2.11. The van der Waals surface area contributed by atoms with E-state index in [4.69, 9.17) is 11.6 Å². The molecule has 0 bridgehead atoms. The minimum absolute atomic E-state index is 0.00396. The maximum atomic E-state index is 12.2. The predicted molar refractivity (Wildman–Crippen MR) is 119 cm³/mol. The number of anilines is 2. The van der Waals surface area contributed by atoms with Crippen LogP contribution in [-0.2, 0) is 14.8 Å². The van der Waals surface area contributed by atoms with Crippen LogP contribution in [0.2, 0.25) is 5.02 Å². The Kier molecular flexibility index (Phi) is 6.07. The molecule has 1 amide bonds. The Morgan fingerprint density at radius 1 is 1.21 bits per heavy atom. The number of benzene rings is 2. The van der Waals surface area contributed by atoms with Gasteiger partial charge in [-0.2, -0.15) is 0 Å². The van der Waals surface area contributed by atoms with Gasteiger partial charge in [0.05, 0.1) is 16.5 Å². The fourth-order valence-electron chi connectivity index (χ4n) is 2.57. The highest BCUT2D eigenvalue weighted by molar-refractivity contribution is 7.92. The van der Waals surface area contributed by atoms with Crippen molar-refractivity contribution in [2.24, 2.45) is 0 Å². The van der Waals surface area contributed by atoms with Crippen LogP contribution < -0.4 is 10.0 Å². The second-order valence-electron chi connectivity index (χ2n) is 6.13. The monoisotopic (exact) mass is 434 g/mol. The molecule has 3 aromatic rings. The highest BCUT2D eigenvalue weighted by Crippen LogP contribution is 2.35. The van der Waals surface area contributed by atoms with Gasteiger partial charge >= 0.3 is 0 Å². The number of halogens is 1. The lowest BCUT2D eigenvalue weighted by atomic mass is 10.2. The average Bonchev–Trinajstić information content (AvgIpc) is 2.98. The zero-order valence-electron chi connectivity index (χ0n) is 15.3. The van der Waals surface area contributed by atoms with Crippen LogP contribution in [0.4, 0.5) is 11.4 Å². The smallest absolute Gasteiger partial charge is 0.248 e. The van der Waals surface area contributed by atoms with Crippen molar-refractivity contribution in [3.8, 4) is 0 Å². The molecule has 146 valence electrons. The van der Waals surface area contributed by atoms with Crippen LogP contribution in [0.1, 0.15) is 17.4 Å². The van der Waals surface area contributed by atoms with E-state index in [1.807, 2.05) is 24.3 Å². The average molecular weight is 435 g/mol. The number of amides is 1. The van der Waals surface area contributed by atoms with Gasteiger partial charge in [-0.1, -0.05) is 29.8 Å². The van der Waals surface area contributed by atoms with Gasteiger partial charge in [0, 0.05) is 26.7 Å². The summed E-state index contributed by atoms with van der Waals surface area (Å²) in [5.74, 6) is -0.300. The molecule has 0 spiro atoms. The van der Waals surface area contributed by atoms with Gasteiger partial charge in [-0.3, -0.25) is 9.52 Å². The molecule has 28 heavy (non-hydrogen) atoms. The lowest BCUT2D eigenvalue weighted by molar-refractivity contribution is -0.111. The molecule has 0 radical (unpaired) electrons. The summed E-state index contributed by atoms with van der Waals surface area (Å²) in [7, 11) is -3.35. The molecule has 0 saturated carbocycles. The highest BCUT2D eigenvalue weighted by Gasteiger charge is 2.10. The third kappa shape index (κ3) is 4.73. The molecule has 0 fully saturated rings. The first kappa shape index (κ1) is 20.4. The molecule has 8 heteroatoms. The summed E-state index contributed by atoms with van der Waals surface area (Å²) in [6.45, 7) is 3.34. The molecule has 0 aliphatic heterocycles. The molecule has 2 N–H and O–H groups in total. The molecule has 0 unspecified atom stereocenters. The van der Waals surface area contributed by atoms with E-state index in [1.54, 1.807) is 38.1 Å². The van der Waals surface area contributed by atoms with Crippen LogP contribution in [0.5, 0.6) is 0 Å². The standard InChI is InChI=1S/C20H19ClN2O3S2/c1-3-28(25,26)23-16-9-8-14(12-13(16)2)22-19(24)11-10-18-20(21)15-6-4-5-7-17(15)27-18/h4-12,23H,3H2,1-2H3,(H,22,24)/b11-10+. The number of aryl methyl sites for hydroxylation is 1. The maximum Gasteiger partial charge on any atom is 0.248 e. The number of carbonyl (C=O) groups is 1. The highest BCUT2D eigenvalue weighted by atomic mass is 35.5. The summed E-state index contributed by atoms with van der Waals surface area (Å²) in [6, 6.07) is 12.8. The number of sulfonamides is 1. The minimum atomic E-state index is -3.35. The van der Waals surface area contributed by atoms with Gasteiger partial charge in [-0.15, -0.1) is 11.3 Å². The summed E-state index contributed by atoms with van der Waals surface area (Å²) >= 11 is 7.90. The van der Waals surface area contributed by atoms with E-state index in [0.717, 1.165) is 15.0 Å². The lowest BCUT2D eigenvalue weighted by Crippen LogP contribution is -2.15. The molecule has 0 atom stereocenters. The zero-order valence-corrected chi connectivity index (χ0v) is 17.7. The number of nitrogens with one attached hydrogen (secondary N) is 2. The van der Waals surface area contributed by atoms with E-state index in [-0.39, 0.29) is 11.7 Å². The minimum Gasteiger partial charge on any atom is -0.323 e. The van der Waals surface area contributed by atoms with Crippen LogP contribution in [0.25, 0.3) is 16.2 Å². The number of hydrogen-bond donors (Lipinski definition) is 2. The van der Waals surface area contributed by atoms with Crippen molar-refractivity contribution in [2.75, 3.05) is 15.8 Å². The summed E-state index contributed by atoms with van der Waals surface area (Å²) < 4.78 is 27.0. The van der Waals surface area contributed by atoms with Crippen molar-refractivity contribution in [3.05, 3.63) is 64.0 Å². The van der Waals surface area contributed by atoms with E-state index in [9.17, 15) is 13.2 Å². The Balaban J connectivity index is 1.71. The van der Waals surface area contributed by atoms with E-state index < -0.39 is 10.0 Å². The van der Waals surface area contributed by atoms with E-state index in [2.05, 4.69) is 10.0 Å². The number of rotatable bonds is 6. The van der Waals surface area contributed by atoms with Crippen molar-refractivity contribution < 1.29 is 13.2 Å². The van der Waals surface area contributed by atoms with Gasteiger partial charge in [0.25, 0.3) is 0 Å². The van der Waals surface area contributed by atoms with Crippen LogP contribution in [0, 0.1) is 6.92 Å². The Morgan fingerprint density at radius 3 is 2.64 bits per heavy atom. The first-order valence-electron chi connectivity index (χ1n) is 8.56. The van der Waals surface area contributed by atoms with Gasteiger partial charge in [0.1, 0.15) is 0 Å². The molecule has 0 aliphatic rings. The summed E-state index contributed by atoms with van der Waals surface area (Å²) in [5.41, 5.74) is 1.79. The topological polar surface area (TPSA) is 75.3 Å². The van der Waals surface area contributed by atoms with Crippen molar-refractivity contribution in [3.63, 3.8) is 0 Å². The van der Waals surface area contributed by atoms with E-state index >= 15 is 0 Å². The number of fused-ring (bicyclic) bond motifs is 1. The maximum absolute atomic E-state index is 12.2. The van der Waals surface area contributed by atoms with E-state index in [0.29, 0.717) is 22.0 Å². The Hall–Kier alpha value is -2.35. The van der Waals surface area contributed by atoms with Crippen LogP contribution >= 0.6 is 22.9 Å². The Labute approximate surface area is 173 Å². The summed E-state index contributed by atoms with van der Waals surface area (Å²) in [5, 5.41) is 4.37. The number of thiophene rings is 1. The van der Waals surface area contributed by atoms with Gasteiger partial charge in [0.15, 0.2) is 0 Å². The normalized spacial score (nSPS) is 11.8. The van der Waals surface area contributed by atoms with Crippen molar-refractivity contribution in [1.82, 2.24) is 0 Å². The molecule has 1 aromatic heterocycles. The van der Waals surface area contributed by atoms with Gasteiger partial charge < -0.3 is 5.32 Å². The first-order valence-corrected chi connectivity index (χ1v) is 11.4.